The lowest BCUT2D eigenvalue weighted by Gasteiger charge is -2.28. The van der Waals surface area contributed by atoms with Gasteiger partial charge in [-0.05, 0) is 38.0 Å². The van der Waals surface area contributed by atoms with Crippen LogP contribution in [0.4, 0.5) is 8.78 Å². The first kappa shape index (κ1) is 16.8. The molecule has 0 atom stereocenters. The van der Waals surface area contributed by atoms with Crippen LogP contribution < -0.4 is 0 Å². The molecule has 0 N–H and O–H groups in total. The van der Waals surface area contributed by atoms with Crippen LogP contribution in [0.1, 0.15) is 44.3 Å². The molecule has 1 aliphatic carbocycles. The van der Waals surface area contributed by atoms with Gasteiger partial charge in [-0.15, -0.1) is 0 Å². The third-order valence-electron chi connectivity index (χ3n) is 4.49. The maximum Gasteiger partial charge on any atom is 0.248 e. The van der Waals surface area contributed by atoms with E-state index in [1.54, 1.807) is 0 Å². The Morgan fingerprint density at radius 1 is 1.35 bits per heavy atom. The van der Waals surface area contributed by atoms with Gasteiger partial charge in [0.1, 0.15) is 5.82 Å². The SMILES string of the molecule is CCOCCn1c(C2CCC(F)(F)CC2)nc2ccc(Br)cc21. The van der Waals surface area contributed by atoms with Crippen molar-refractivity contribution < 1.29 is 13.5 Å². The number of hydrogen-bond donors (Lipinski definition) is 0. The number of benzene rings is 1. The number of rotatable bonds is 5. The van der Waals surface area contributed by atoms with Crippen molar-refractivity contribution in [3.05, 3.63) is 28.5 Å². The molecule has 1 aromatic heterocycles. The van der Waals surface area contributed by atoms with Crippen LogP contribution in [0.2, 0.25) is 0 Å². The van der Waals surface area contributed by atoms with E-state index in [9.17, 15) is 8.78 Å². The second-order valence-corrected chi connectivity index (χ2v) is 7.00. The average Bonchev–Trinajstić information content (AvgIpc) is 2.86. The van der Waals surface area contributed by atoms with E-state index in [0.717, 1.165) is 21.3 Å². The highest BCUT2D eigenvalue weighted by atomic mass is 79.9. The Morgan fingerprint density at radius 2 is 2.09 bits per heavy atom. The van der Waals surface area contributed by atoms with Gasteiger partial charge < -0.3 is 9.30 Å². The minimum Gasteiger partial charge on any atom is -0.380 e. The summed E-state index contributed by atoms with van der Waals surface area (Å²) in [4.78, 5) is 4.75. The van der Waals surface area contributed by atoms with E-state index in [-0.39, 0.29) is 18.8 Å². The fraction of sp³-hybridized carbons (Fsp3) is 0.588. The van der Waals surface area contributed by atoms with Crippen molar-refractivity contribution in [2.75, 3.05) is 13.2 Å². The van der Waals surface area contributed by atoms with Crippen molar-refractivity contribution in [1.29, 1.82) is 0 Å². The fourth-order valence-electron chi connectivity index (χ4n) is 3.26. The van der Waals surface area contributed by atoms with Crippen LogP contribution in [0, 0.1) is 0 Å². The third-order valence-corrected chi connectivity index (χ3v) is 4.98. The van der Waals surface area contributed by atoms with E-state index in [1.807, 2.05) is 25.1 Å². The fourth-order valence-corrected chi connectivity index (χ4v) is 3.61. The molecule has 1 saturated carbocycles. The van der Waals surface area contributed by atoms with Crippen LogP contribution in [0.25, 0.3) is 11.0 Å². The zero-order chi connectivity index (χ0) is 16.4. The lowest BCUT2D eigenvalue weighted by Crippen LogP contribution is -2.25. The maximum atomic E-state index is 13.4. The summed E-state index contributed by atoms with van der Waals surface area (Å²) in [5, 5.41) is 0. The van der Waals surface area contributed by atoms with Gasteiger partial charge in [-0.2, -0.15) is 0 Å². The first-order valence-electron chi connectivity index (χ1n) is 8.11. The number of fused-ring (bicyclic) bond motifs is 1. The molecule has 0 unspecified atom stereocenters. The van der Waals surface area contributed by atoms with Crippen molar-refractivity contribution >= 4 is 27.0 Å². The number of aromatic nitrogens is 2. The molecular formula is C17H21BrF2N2O. The van der Waals surface area contributed by atoms with Crippen molar-refractivity contribution in [3.8, 4) is 0 Å². The molecule has 1 fully saturated rings. The van der Waals surface area contributed by atoms with Crippen molar-refractivity contribution in [2.24, 2.45) is 0 Å². The largest absolute Gasteiger partial charge is 0.380 e. The van der Waals surface area contributed by atoms with Gasteiger partial charge in [-0.1, -0.05) is 15.9 Å². The predicted octanol–water partition coefficient (Wildman–Crippen LogP) is 5.13. The van der Waals surface area contributed by atoms with E-state index in [0.29, 0.717) is 32.6 Å². The van der Waals surface area contributed by atoms with Gasteiger partial charge >= 0.3 is 0 Å². The Morgan fingerprint density at radius 3 is 2.78 bits per heavy atom. The monoisotopic (exact) mass is 386 g/mol. The minimum atomic E-state index is -2.51. The number of halogens is 3. The van der Waals surface area contributed by atoms with Gasteiger partial charge in [-0.3, -0.25) is 0 Å². The van der Waals surface area contributed by atoms with Gasteiger partial charge in [-0.25, -0.2) is 13.8 Å². The summed E-state index contributed by atoms with van der Waals surface area (Å²) in [5.74, 6) is -1.49. The van der Waals surface area contributed by atoms with Gasteiger partial charge in [0.25, 0.3) is 0 Å². The molecule has 0 amide bonds. The standard InChI is InChI=1S/C17H21BrF2N2O/c1-2-23-10-9-22-15-11-13(18)3-4-14(15)21-16(22)12-5-7-17(19,20)8-6-12/h3-4,11-12H,2,5-10H2,1H3. The summed E-state index contributed by atoms with van der Waals surface area (Å²) in [6, 6.07) is 5.97. The Hall–Kier alpha value is -1.01. The Labute approximate surface area is 143 Å². The highest BCUT2D eigenvalue weighted by molar-refractivity contribution is 9.10. The summed E-state index contributed by atoms with van der Waals surface area (Å²) in [7, 11) is 0. The third kappa shape index (κ3) is 3.74. The van der Waals surface area contributed by atoms with E-state index in [2.05, 4.69) is 20.5 Å². The minimum absolute atomic E-state index is 0.0456. The number of alkyl halides is 2. The van der Waals surface area contributed by atoms with Crippen molar-refractivity contribution in [1.82, 2.24) is 9.55 Å². The van der Waals surface area contributed by atoms with Crippen LogP contribution in [-0.4, -0.2) is 28.7 Å². The molecule has 0 saturated heterocycles. The molecule has 1 aromatic carbocycles. The normalized spacial score (nSPS) is 18.6. The summed E-state index contributed by atoms with van der Waals surface area (Å²) in [6.45, 7) is 3.93. The zero-order valence-electron chi connectivity index (χ0n) is 13.2. The molecule has 0 radical (unpaired) electrons. The Kier molecular flexibility index (Phi) is 5.01. The van der Waals surface area contributed by atoms with Crippen LogP contribution in [0.3, 0.4) is 0 Å². The highest BCUT2D eigenvalue weighted by Gasteiger charge is 2.37. The van der Waals surface area contributed by atoms with E-state index >= 15 is 0 Å². The van der Waals surface area contributed by atoms with Gasteiger partial charge in [0, 0.05) is 36.4 Å². The van der Waals surface area contributed by atoms with Crippen LogP contribution in [0.15, 0.2) is 22.7 Å². The number of hydrogen-bond acceptors (Lipinski definition) is 2. The number of imidazole rings is 1. The molecule has 0 aliphatic heterocycles. The maximum absolute atomic E-state index is 13.4. The lowest BCUT2D eigenvalue weighted by atomic mass is 9.86. The predicted molar refractivity (Wildman–Crippen MR) is 90.1 cm³/mol. The molecule has 126 valence electrons. The first-order valence-corrected chi connectivity index (χ1v) is 8.91. The molecule has 1 aliphatic rings. The zero-order valence-corrected chi connectivity index (χ0v) is 14.8. The number of ether oxygens (including phenoxy) is 1. The van der Waals surface area contributed by atoms with Gasteiger partial charge in [0.2, 0.25) is 5.92 Å². The Bertz CT molecular complexity index is 677. The quantitative estimate of drug-likeness (QED) is 0.666. The highest BCUT2D eigenvalue weighted by Crippen LogP contribution is 2.41. The van der Waals surface area contributed by atoms with E-state index in [1.165, 1.54) is 0 Å². The Balaban J connectivity index is 1.93. The molecule has 0 bridgehead atoms. The second kappa shape index (κ2) is 6.85. The topological polar surface area (TPSA) is 27.1 Å². The van der Waals surface area contributed by atoms with Crippen LogP contribution in [-0.2, 0) is 11.3 Å². The summed E-state index contributed by atoms with van der Waals surface area (Å²) >= 11 is 3.50. The van der Waals surface area contributed by atoms with Crippen molar-refractivity contribution in [3.63, 3.8) is 0 Å². The molecule has 23 heavy (non-hydrogen) atoms. The summed E-state index contributed by atoms with van der Waals surface area (Å²) in [5.41, 5.74) is 1.95. The van der Waals surface area contributed by atoms with Gasteiger partial charge in [0.05, 0.1) is 17.6 Å². The summed E-state index contributed by atoms with van der Waals surface area (Å²) in [6.07, 6.45) is 0.893. The molecular weight excluding hydrogens is 366 g/mol. The summed E-state index contributed by atoms with van der Waals surface area (Å²) < 4.78 is 35.5. The van der Waals surface area contributed by atoms with Gasteiger partial charge in [0.15, 0.2) is 0 Å². The smallest absolute Gasteiger partial charge is 0.248 e. The molecule has 3 rings (SSSR count). The molecule has 6 heteroatoms. The molecule has 0 spiro atoms. The van der Waals surface area contributed by atoms with Crippen molar-refractivity contribution in [2.45, 2.75) is 51.0 Å². The second-order valence-electron chi connectivity index (χ2n) is 6.08. The van der Waals surface area contributed by atoms with Crippen LogP contribution in [0.5, 0.6) is 0 Å². The molecule has 2 aromatic rings. The lowest BCUT2D eigenvalue weighted by molar-refractivity contribution is -0.0390. The first-order chi connectivity index (χ1) is 11.0. The van der Waals surface area contributed by atoms with E-state index in [4.69, 9.17) is 9.72 Å². The number of nitrogens with zero attached hydrogens (tertiary/aromatic N) is 2. The molecule has 3 nitrogen and oxygen atoms in total. The average molecular weight is 387 g/mol. The molecule has 1 heterocycles. The van der Waals surface area contributed by atoms with Crippen LogP contribution >= 0.6 is 15.9 Å². The van der Waals surface area contributed by atoms with E-state index < -0.39 is 5.92 Å².